The molecule has 2 N–H and O–H groups in total. The summed E-state index contributed by atoms with van der Waals surface area (Å²) in [4.78, 5) is 19.5. The first-order valence-electron chi connectivity index (χ1n) is 4.82. The minimum absolute atomic E-state index is 0.270. The number of nitrogens with two attached hydrogens (primary N) is 1. The minimum atomic E-state index is -4.86. The van der Waals surface area contributed by atoms with Gasteiger partial charge in [-0.05, 0) is 23.6 Å². The zero-order chi connectivity index (χ0) is 14.2. The number of carbonyl (C=O) groups excluding carboxylic acids is 2. The first-order valence-corrected chi connectivity index (χ1v) is 5.20. The van der Waals surface area contributed by atoms with Gasteiger partial charge in [-0.25, -0.2) is 0 Å². The highest BCUT2D eigenvalue weighted by Crippen LogP contribution is 2.11. The van der Waals surface area contributed by atoms with E-state index in [1.807, 2.05) is 30.3 Å². The molecular weight excluding hydrogens is 271 g/mol. The molecule has 1 aromatic rings. The number of carbonyl (C=O) groups is 2. The van der Waals surface area contributed by atoms with Crippen LogP contribution < -0.4 is 5.73 Å². The molecule has 0 atom stereocenters. The Morgan fingerprint density at radius 2 is 1.61 bits per heavy atom. The molecule has 0 saturated carbocycles. The van der Waals surface area contributed by atoms with Crippen LogP contribution in [0, 0.1) is 0 Å². The molecule has 0 aliphatic rings. The van der Waals surface area contributed by atoms with Gasteiger partial charge in [0.2, 0.25) is 5.24 Å². The number of amides is 1. The summed E-state index contributed by atoms with van der Waals surface area (Å²) in [5.74, 6) is -2.26. The van der Waals surface area contributed by atoms with Crippen molar-refractivity contribution in [2.75, 3.05) is 0 Å². The minimum Gasteiger partial charge on any atom is -0.362 e. The zero-order valence-corrected chi connectivity index (χ0v) is 9.96. The lowest BCUT2D eigenvalue weighted by molar-refractivity contribution is -0.169. The number of hydrogen-bond acceptors (Lipinski definition) is 2. The number of rotatable bonds is 3. The normalized spacial score (nSPS) is 10.2. The van der Waals surface area contributed by atoms with Crippen molar-refractivity contribution in [3.05, 3.63) is 35.9 Å². The molecular formula is C11H11ClF3NO2. The number of primary amides is 1. The average molecular weight is 282 g/mol. The van der Waals surface area contributed by atoms with Crippen molar-refractivity contribution < 1.29 is 22.8 Å². The molecule has 0 aromatic heterocycles. The molecule has 0 fully saturated rings. The summed E-state index contributed by atoms with van der Waals surface area (Å²) >= 11 is 5.19. The van der Waals surface area contributed by atoms with Crippen LogP contribution in [0.25, 0.3) is 0 Å². The van der Waals surface area contributed by atoms with Crippen molar-refractivity contribution >= 4 is 22.8 Å². The fraction of sp³-hybridized carbons (Fsp3) is 0.273. The Bertz CT molecular complexity index is 393. The summed E-state index contributed by atoms with van der Waals surface area (Å²) in [5, 5.41) is -0.270. The molecule has 0 bridgehead atoms. The van der Waals surface area contributed by atoms with E-state index in [2.05, 4.69) is 5.73 Å². The number of aryl methyl sites for hydroxylation is 1. The quantitative estimate of drug-likeness (QED) is 0.865. The highest BCUT2D eigenvalue weighted by molar-refractivity contribution is 6.63. The summed E-state index contributed by atoms with van der Waals surface area (Å²) in [6, 6.07) is 9.83. The summed E-state index contributed by atoms with van der Waals surface area (Å²) < 4.78 is 32.1. The van der Waals surface area contributed by atoms with Crippen LogP contribution in [0.3, 0.4) is 0 Å². The van der Waals surface area contributed by atoms with Crippen LogP contribution in [-0.4, -0.2) is 17.3 Å². The Morgan fingerprint density at radius 3 is 1.94 bits per heavy atom. The van der Waals surface area contributed by atoms with Gasteiger partial charge < -0.3 is 5.73 Å². The number of hydrogen-bond donors (Lipinski definition) is 1. The molecule has 18 heavy (non-hydrogen) atoms. The third-order valence-electron chi connectivity index (χ3n) is 1.73. The van der Waals surface area contributed by atoms with E-state index in [0.29, 0.717) is 6.42 Å². The lowest BCUT2D eigenvalue weighted by Crippen LogP contribution is -2.30. The van der Waals surface area contributed by atoms with E-state index >= 15 is 0 Å². The van der Waals surface area contributed by atoms with Crippen LogP contribution >= 0.6 is 11.6 Å². The van der Waals surface area contributed by atoms with Crippen molar-refractivity contribution in [3.63, 3.8) is 0 Å². The highest BCUT2D eigenvalue weighted by atomic mass is 35.5. The maximum Gasteiger partial charge on any atom is 0.470 e. The number of alkyl halides is 3. The van der Waals surface area contributed by atoms with Crippen LogP contribution in [0.4, 0.5) is 13.2 Å². The van der Waals surface area contributed by atoms with Gasteiger partial charge in [-0.1, -0.05) is 30.3 Å². The first kappa shape index (κ1) is 16.4. The lowest BCUT2D eigenvalue weighted by atomic mass is 10.1. The molecule has 3 nitrogen and oxygen atoms in total. The van der Waals surface area contributed by atoms with Gasteiger partial charge >= 0.3 is 12.1 Å². The Hall–Kier alpha value is -1.56. The van der Waals surface area contributed by atoms with Crippen LogP contribution in [0.5, 0.6) is 0 Å². The molecule has 1 rings (SSSR count). The molecule has 0 aliphatic carbocycles. The Labute approximate surface area is 107 Å². The Balaban J connectivity index is 0.000000360. The largest absolute Gasteiger partial charge is 0.470 e. The topological polar surface area (TPSA) is 60.2 Å². The standard InChI is InChI=1S/C9H9ClO.C2H2F3NO/c10-9(11)7-6-8-4-2-1-3-5-8;3-2(4,5)1(6)7/h1-5H,6-7H2;(H2,6,7). The van der Waals surface area contributed by atoms with Crippen LogP contribution in [0.2, 0.25) is 0 Å². The number of benzene rings is 1. The maximum absolute atomic E-state index is 10.7. The second-order valence-electron chi connectivity index (χ2n) is 3.20. The van der Waals surface area contributed by atoms with Gasteiger partial charge in [0.05, 0.1) is 0 Å². The van der Waals surface area contributed by atoms with Gasteiger partial charge in [0.25, 0.3) is 0 Å². The van der Waals surface area contributed by atoms with Crippen LogP contribution in [0.1, 0.15) is 12.0 Å². The lowest BCUT2D eigenvalue weighted by Gasteiger charge is -1.95. The SMILES string of the molecule is NC(=O)C(F)(F)F.O=C(Cl)CCc1ccccc1. The van der Waals surface area contributed by atoms with Gasteiger partial charge in [0, 0.05) is 6.42 Å². The fourth-order valence-corrected chi connectivity index (χ4v) is 0.982. The van der Waals surface area contributed by atoms with Gasteiger partial charge in [-0.3, -0.25) is 9.59 Å². The van der Waals surface area contributed by atoms with Gasteiger partial charge in [-0.2, -0.15) is 13.2 Å². The van der Waals surface area contributed by atoms with E-state index in [0.717, 1.165) is 12.0 Å². The van der Waals surface area contributed by atoms with Gasteiger partial charge in [0.1, 0.15) is 0 Å². The third-order valence-corrected chi connectivity index (χ3v) is 1.92. The molecule has 100 valence electrons. The summed E-state index contributed by atoms with van der Waals surface area (Å²) in [5.41, 5.74) is 4.96. The summed E-state index contributed by atoms with van der Waals surface area (Å²) in [6.07, 6.45) is -3.70. The maximum atomic E-state index is 10.7. The van der Waals surface area contributed by atoms with Crippen molar-refractivity contribution in [2.24, 2.45) is 5.73 Å². The molecule has 0 spiro atoms. The molecule has 0 radical (unpaired) electrons. The molecule has 7 heteroatoms. The van der Waals surface area contributed by atoms with Gasteiger partial charge in [0.15, 0.2) is 0 Å². The highest BCUT2D eigenvalue weighted by Gasteiger charge is 2.35. The first-order chi connectivity index (χ1) is 8.23. The Morgan fingerprint density at radius 1 is 1.17 bits per heavy atom. The van der Waals surface area contributed by atoms with Crippen molar-refractivity contribution in [3.8, 4) is 0 Å². The zero-order valence-electron chi connectivity index (χ0n) is 9.21. The molecule has 0 aliphatic heterocycles. The third kappa shape index (κ3) is 8.58. The van der Waals surface area contributed by atoms with Crippen molar-refractivity contribution in [1.82, 2.24) is 0 Å². The van der Waals surface area contributed by atoms with E-state index in [9.17, 15) is 18.0 Å². The van der Waals surface area contributed by atoms with Crippen LogP contribution in [0.15, 0.2) is 30.3 Å². The van der Waals surface area contributed by atoms with E-state index in [-0.39, 0.29) is 5.24 Å². The predicted molar refractivity (Wildman–Crippen MR) is 60.9 cm³/mol. The van der Waals surface area contributed by atoms with E-state index in [4.69, 9.17) is 16.4 Å². The second-order valence-corrected chi connectivity index (χ2v) is 3.62. The fourth-order valence-electron chi connectivity index (χ4n) is 0.887. The molecule has 0 heterocycles. The average Bonchev–Trinajstić information content (AvgIpc) is 2.27. The van der Waals surface area contributed by atoms with E-state index in [1.54, 1.807) is 0 Å². The summed E-state index contributed by atoms with van der Waals surface area (Å²) in [7, 11) is 0. The molecule has 1 aromatic carbocycles. The summed E-state index contributed by atoms with van der Waals surface area (Å²) in [6.45, 7) is 0. The predicted octanol–water partition coefficient (Wildman–Crippen LogP) is 2.42. The second kappa shape index (κ2) is 7.71. The molecule has 1 amide bonds. The van der Waals surface area contributed by atoms with Crippen LogP contribution in [-0.2, 0) is 16.0 Å². The van der Waals surface area contributed by atoms with Gasteiger partial charge in [-0.15, -0.1) is 0 Å². The van der Waals surface area contributed by atoms with Crippen molar-refractivity contribution in [1.29, 1.82) is 0 Å². The smallest absolute Gasteiger partial charge is 0.362 e. The molecule has 0 unspecified atom stereocenters. The van der Waals surface area contributed by atoms with E-state index < -0.39 is 12.1 Å². The van der Waals surface area contributed by atoms with Crippen molar-refractivity contribution in [2.45, 2.75) is 19.0 Å². The monoisotopic (exact) mass is 281 g/mol. The van der Waals surface area contributed by atoms with E-state index in [1.165, 1.54) is 0 Å². The molecule has 0 saturated heterocycles. The number of halogens is 4. The Kier molecular flexibility index (Phi) is 7.04.